The van der Waals surface area contributed by atoms with Crippen molar-refractivity contribution in [2.24, 2.45) is 14.1 Å². The lowest BCUT2D eigenvalue weighted by molar-refractivity contribution is 0.531. The fraction of sp³-hybridized carbons (Fsp3) is 0.375. The Morgan fingerprint density at radius 2 is 1.81 bits per heavy atom. The first kappa shape index (κ1) is 22.5. The number of aryl methyl sites for hydroxylation is 2. The predicted octanol–water partition coefficient (Wildman–Crippen LogP) is 3.91. The summed E-state index contributed by atoms with van der Waals surface area (Å²) >= 11 is -1.26. The molecule has 4 rings (SSSR count). The van der Waals surface area contributed by atoms with Crippen LogP contribution in [0.15, 0.2) is 41.2 Å². The molecule has 0 spiro atoms. The molecule has 0 bridgehead atoms. The molecule has 168 valence electrons. The van der Waals surface area contributed by atoms with E-state index < -0.39 is 16.1 Å². The summed E-state index contributed by atoms with van der Waals surface area (Å²) in [6.07, 6.45) is 0. The van der Waals surface area contributed by atoms with Crippen molar-refractivity contribution in [3.8, 4) is 11.5 Å². The molecule has 2 aromatic carbocycles. The first-order valence-electron chi connectivity index (χ1n) is 10.6. The second-order valence-corrected chi connectivity index (χ2v) is 11.3. The van der Waals surface area contributed by atoms with Crippen LogP contribution in [0, 0.1) is 6.92 Å². The zero-order chi connectivity index (χ0) is 23.4. The third-order valence-electron chi connectivity index (χ3n) is 5.63. The number of nitrogens with one attached hydrogen (secondary N) is 1. The van der Waals surface area contributed by atoms with Gasteiger partial charge in [0.05, 0.1) is 22.5 Å². The average molecular weight is 452 g/mol. The van der Waals surface area contributed by atoms with Crippen molar-refractivity contribution >= 4 is 33.2 Å². The summed E-state index contributed by atoms with van der Waals surface area (Å²) in [5, 5.41) is 6.15. The molecule has 2 heterocycles. The molecule has 8 heteroatoms. The van der Waals surface area contributed by atoms with E-state index in [0.29, 0.717) is 22.4 Å². The van der Waals surface area contributed by atoms with Gasteiger partial charge in [0.25, 0.3) is 5.56 Å². The number of benzene rings is 2. The Balaban J connectivity index is 1.96. The number of para-hydroxylation sites is 1. The van der Waals surface area contributed by atoms with Crippen LogP contribution in [-0.2, 0) is 25.5 Å². The summed E-state index contributed by atoms with van der Waals surface area (Å²) in [5.74, 6) is 0.508. The quantitative estimate of drug-likeness (QED) is 0.475. The Morgan fingerprint density at radius 3 is 2.50 bits per heavy atom. The summed E-state index contributed by atoms with van der Waals surface area (Å²) in [5.41, 5.74) is 3.91. The molecule has 0 fully saturated rings. The van der Waals surface area contributed by atoms with Gasteiger partial charge in [-0.05, 0) is 52.3 Å². The van der Waals surface area contributed by atoms with Gasteiger partial charge in [-0.15, -0.1) is 4.72 Å². The van der Waals surface area contributed by atoms with E-state index in [1.807, 2.05) is 78.1 Å². The predicted molar refractivity (Wildman–Crippen MR) is 131 cm³/mol. The summed E-state index contributed by atoms with van der Waals surface area (Å²) < 4.78 is 18.9. The molecule has 32 heavy (non-hydrogen) atoms. The van der Waals surface area contributed by atoms with Gasteiger partial charge in [-0.3, -0.25) is 14.0 Å². The highest BCUT2D eigenvalue weighted by Crippen LogP contribution is 2.30. The first-order chi connectivity index (χ1) is 15.0. The molecule has 0 saturated carbocycles. The van der Waals surface area contributed by atoms with E-state index in [2.05, 4.69) is 9.82 Å². The number of nitrogens with zero attached hydrogens (tertiary/aromatic N) is 4. The van der Waals surface area contributed by atoms with Gasteiger partial charge in [-0.2, -0.15) is 5.10 Å². The Labute approximate surface area is 190 Å². The highest BCUT2D eigenvalue weighted by Gasteiger charge is 2.29. The van der Waals surface area contributed by atoms with E-state index in [0.717, 1.165) is 22.0 Å². The Bertz CT molecular complexity index is 1380. The molecule has 7 nitrogen and oxygen atoms in total. The largest absolute Gasteiger partial charge is 0.598 e. The zero-order valence-corrected chi connectivity index (χ0v) is 20.4. The number of hydrogen-bond acceptors (Lipinski definition) is 5. The fourth-order valence-electron chi connectivity index (χ4n) is 3.87. The number of fused-ring (bicyclic) bond motifs is 2. The van der Waals surface area contributed by atoms with Crippen LogP contribution in [0.5, 0.6) is 0 Å². The normalized spacial score (nSPS) is 14.2. The van der Waals surface area contributed by atoms with E-state index in [9.17, 15) is 9.35 Å². The number of aromatic nitrogens is 4. The molecule has 2 atom stereocenters. The maximum atomic E-state index is 13.4. The van der Waals surface area contributed by atoms with Gasteiger partial charge < -0.3 is 4.55 Å². The van der Waals surface area contributed by atoms with Gasteiger partial charge in [0.2, 0.25) is 0 Å². The summed E-state index contributed by atoms with van der Waals surface area (Å²) in [7, 11) is 3.61. The van der Waals surface area contributed by atoms with Crippen LogP contribution in [-0.4, -0.2) is 28.6 Å². The third kappa shape index (κ3) is 3.83. The molecule has 0 aliphatic carbocycles. The summed E-state index contributed by atoms with van der Waals surface area (Å²) in [6, 6.07) is 11.5. The Morgan fingerprint density at radius 1 is 1.12 bits per heavy atom. The molecule has 0 aliphatic rings. The lowest BCUT2D eigenvalue weighted by Crippen LogP contribution is -2.40. The van der Waals surface area contributed by atoms with Gasteiger partial charge in [0, 0.05) is 36.4 Å². The lowest BCUT2D eigenvalue weighted by atomic mass is 10.0. The second-order valence-electron chi connectivity index (χ2n) is 9.26. The van der Waals surface area contributed by atoms with Crippen LogP contribution in [0.25, 0.3) is 33.3 Å². The van der Waals surface area contributed by atoms with Crippen LogP contribution in [0.2, 0.25) is 0 Å². The maximum Gasteiger partial charge on any atom is 0.261 e. The van der Waals surface area contributed by atoms with E-state index >= 15 is 0 Å². The molecular formula is C24H29N5O2S. The van der Waals surface area contributed by atoms with Crippen LogP contribution in [0.4, 0.5) is 0 Å². The Kier molecular flexibility index (Phi) is 5.65. The molecule has 0 radical (unpaired) electrons. The van der Waals surface area contributed by atoms with Gasteiger partial charge in [0.15, 0.2) is 5.82 Å². The van der Waals surface area contributed by atoms with Crippen molar-refractivity contribution in [3.63, 3.8) is 0 Å². The fourth-order valence-corrected chi connectivity index (χ4v) is 4.68. The van der Waals surface area contributed by atoms with Crippen molar-refractivity contribution in [3.05, 3.63) is 57.9 Å². The van der Waals surface area contributed by atoms with Gasteiger partial charge in [0.1, 0.15) is 10.4 Å². The highest BCUT2D eigenvalue weighted by atomic mass is 32.2. The molecule has 4 aromatic rings. The molecular weight excluding hydrogens is 422 g/mol. The van der Waals surface area contributed by atoms with Crippen molar-refractivity contribution < 1.29 is 4.55 Å². The van der Waals surface area contributed by atoms with Crippen LogP contribution >= 0.6 is 0 Å². The minimum absolute atomic E-state index is 0.131. The number of hydrogen-bond donors (Lipinski definition) is 1. The molecule has 0 amide bonds. The lowest BCUT2D eigenvalue weighted by Gasteiger charge is -2.27. The van der Waals surface area contributed by atoms with Crippen molar-refractivity contribution in [2.45, 2.75) is 45.4 Å². The van der Waals surface area contributed by atoms with Crippen LogP contribution in [0.1, 0.15) is 44.9 Å². The molecule has 0 unspecified atom stereocenters. The Hall–Kier alpha value is -2.68. The van der Waals surface area contributed by atoms with Crippen LogP contribution < -0.4 is 10.3 Å². The zero-order valence-electron chi connectivity index (χ0n) is 19.6. The minimum atomic E-state index is -1.26. The second kappa shape index (κ2) is 8.03. The third-order valence-corrected chi connectivity index (χ3v) is 7.31. The SMILES string of the molecule is Cc1cc([C@@H](C)N[S@+]([O-])C(C)(C)C)c2nc(-c3nn(C)c4ccccc34)n(C)c(=O)c2c1. The molecule has 2 aromatic heterocycles. The van der Waals surface area contributed by atoms with Gasteiger partial charge in [-0.25, -0.2) is 4.98 Å². The molecule has 0 saturated heterocycles. The standard InChI is InChI=1S/C24H29N5O2S/c1-14-12-17(15(2)27-32(31)24(3,4)5)20-18(13-14)23(30)28(6)22(25-20)21-16-10-8-9-11-19(16)29(7)26-21/h8-13,15,27H,1-7H3/t15-,32-/m1/s1. The average Bonchev–Trinajstić information content (AvgIpc) is 3.06. The summed E-state index contributed by atoms with van der Waals surface area (Å²) in [6.45, 7) is 9.68. The monoisotopic (exact) mass is 451 g/mol. The highest BCUT2D eigenvalue weighted by molar-refractivity contribution is 7.90. The van der Waals surface area contributed by atoms with E-state index in [1.165, 1.54) is 0 Å². The van der Waals surface area contributed by atoms with Crippen molar-refractivity contribution in [1.29, 1.82) is 0 Å². The smallest absolute Gasteiger partial charge is 0.261 e. The van der Waals surface area contributed by atoms with E-state index in [1.54, 1.807) is 16.3 Å². The minimum Gasteiger partial charge on any atom is -0.598 e. The first-order valence-corrected chi connectivity index (χ1v) is 11.8. The van der Waals surface area contributed by atoms with Gasteiger partial charge in [-0.1, -0.05) is 24.3 Å². The van der Waals surface area contributed by atoms with E-state index in [-0.39, 0.29) is 11.6 Å². The maximum absolute atomic E-state index is 13.4. The van der Waals surface area contributed by atoms with Crippen molar-refractivity contribution in [2.75, 3.05) is 0 Å². The molecule has 0 aliphatic heterocycles. The van der Waals surface area contributed by atoms with Gasteiger partial charge >= 0.3 is 0 Å². The van der Waals surface area contributed by atoms with E-state index in [4.69, 9.17) is 4.98 Å². The number of rotatable bonds is 4. The molecule has 1 N–H and O–H groups in total. The summed E-state index contributed by atoms with van der Waals surface area (Å²) in [4.78, 5) is 18.3. The van der Waals surface area contributed by atoms with Crippen LogP contribution in [0.3, 0.4) is 0 Å². The van der Waals surface area contributed by atoms with Crippen molar-refractivity contribution in [1.82, 2.24) is 24.1 Å². The topological polar surface area (TPSA) is 87.8 Å².